The van der Waals surface area contributed by atoms with Crippen molar-refractivity contribution in [3.8, 4) is 17.1 Å². The molecular weight excluding hydrogens is 432 g/mol. The average Bonchev–Trinajstić information content (AvgIpc) is 3.45. The third kappa shape index (κ3) is 4.30. The van der Waals surface area contributed by atoms with Crippen LogP contribution >= 0.6 is 0 Å². The van der Waals surface area contributed by atoms with Gasteiger partial charge in [-0.3, -0.25) is 9.59 Å². The molecule has 9 heteroatoms. The number of benzene rings is 1. The first kappa shape index (κ1) is 22.2. The molecule has 2 amide bonds. The fourth-order valence-electron chi connectivity index (χ4n) is 4.72. The molecule has 0 radical (unpaired) electrons. The van der Waals surface area contributed by atoms with Gasteiger partial charge in [0.1, 0.15) is 11.6 Å². The molecule has 5 rings (SSSR count). The van der Waals surface area contributed by atoms with E-state index in [0.717, 1.165) is 54.2 Å². The van der Waals surface area contributed by atoms with Crippen LogP contribution in [-0.2, 0) is 16.6 Å². The summed E-state index contributed by atoms with van der Waals surface area (Å²) in [6.07, 6.45) is 2.08. The summed E-state index contributed by atoms with van der Waals surface area (Å²) in [6, 6.07) is 10.3. The van der Waals surface area contributed by atoms with Crippen LogP contribution in [0.3, 0.4) is 0 Å². The van der Waals surface area contributed by atoms with Gasteiger partial charge in [0, 0.05) is 70.3 Å². The number of nitrogens with one attached hydrogen (secondary N) is 1. The van der Waals surface area contributed by atoms with Crippen LogP contribution in [0.4, 0.5) is 5.69 Å². The van der Waals surface area contributed by atoms with Crippen molar-refractivity contribution in [3.05, 3.63) is 36.7 Å². The van der Waals surface area contributed by atoms with Crippen molar-refractivity contribution < 1.29 is 14.3 Å². The molecule has 2 aliphatic heterocycles. The van der Waals surface area contributed by atoms with Crippen LogP contribution < -0.4 is 15.0 Å². The van der Waals surface area contributed by atoms with Gasteiger partial charge < -0.3 is 24.4 Å². The third-order valence-corrected chi connectivity index (χ3v) is 6.89. The van der Waals surface area contributed by atoms with Crippen LogP contribution in [0.1, 0.15) is 20.3 Å². The number of hydrogen-bond donors (Lipinski definition) is 1. The molecule has 9 nitrogen and oxygen atoms in total. The lowest BCUT2D eigenvalue weighted by Gasteiger charge is -2.35. The van der Waals surface area contributed by atoms with Crippen molar-refractivity contribution >= 4 is 28.5 Å². The van der Waals surface area contributed by atoms with E-state index in [9.17, 15) is 9.59 Å². The number of rotatable bonds is 5. The van der Waals surface area contributed by atoms with Gasteiger partial charge in [0.25, 0.3) is 0 Å². The number of ether oxygens (including phenoxy) is 1. The van der Waals surface area contributed by atoms with E-state index in [1.54, 1.807) is 13.3 Å². The number of carbonyl (C=O) groups is 2. The first-order valence-electron chi connectivity index (χ1n) is 11.8. The van der Waals surface area contributed by atoms with Gasteiger partial charge in [-0.2, -0.15) is 0 Å². The summed E-state index contributed by atoms with van der Waals surface area (Å²) in [6.45, 7) is 7.38. The molecule has 0 aliphatic carbocycles. The summed E-state index contributed by atoms with van der Waals surface area (Å²) in [5.74, 6) is 0.845. The molecule has 2 atom stereocenters. The molecular formula is C25H30N6O3. The highest BCUT2D eigenvalue weighted by Crippen LogP contribution is 2.31. The van der Waals surface area contributed by atoms with Crippen molar-refractivity contribution in [2.75, 3.05) is 37.6 Å². The molecule has 0 saturated carbocycles. The molecule has 4 heterocycles. The predicted octanol–water partition coefficient (Wildman–Crippen LogP) is 2.21. The average molecular weight is 463 g/mol. The molecule has 1 N–H and O–H groups in total. The van der Waals surface area contributed by atoms with E-state index in [1.807, 2.05) is 29.5 Å². The Labute approximate surface area is 198 Å². The number of pyridine rings is 1. The molecule has 2 fully saturated rings. The number of piperazine rings is 1. The van der Waals surface area contributed by atoms with Crippen molar-refractivity contribution in [3.63, 3.8) is 0 Å². The zero-order valence-corrected chi connectivity index (χ0v) is 19.8. The molecule has 1 unspecified atom stereocenters. The SMILES string of the molecule is CC(=O)N1CCN(c2ccc(-c3cc4ncn(C)c4c(OC(C)[C@H]4CNC(=O)C4)n3)cc2)CC1. The van der Waals surface area contributed by atoms with Crippen LogP contribution in [-0.4, -0.2) is 70.1 Å². The van der Waals surface area contributed by atoms with E-state index in [4.69, 9.17) is 9.72 Å². The maximum atomic E-state index is 11.6. The number of nitrogens with zero attached hydrogens (tertiary/aromatic N) is 5. The van der Waals surface area contributed by atoms with Gasteiger partial charge in [-0.1, -0.05) is 12.1 Å². The minimum Gasteiger partial charge on any atom is -0.473 e. The van der Waals surface area contributed by atoms with Crippen LogP contribution in [0.5, 0.6) is 5.88 Å². The molecule has 3 aromatic rings. The Morgan fingerprint density at radius 3 is 2.56 bits per heavy atom. The minimum atomic E-state index is -0.157. The quantitative estimate of drug-likeness (QED) is 0.625. The number of imidazole rings is 1. The first-order chi connectivity index (χ1) is 16.4. The van der Waals surface area contributed by atoms with Gasteiger partial charge in [-0.05, 0) is 25.1 Å². The summed E-state index contributed by atoms with van der Waals surface area (Å²) in [5, 5.41) is 2.88. The largest absolute Gasteiger partial charge is 0.473 e. The predicted molar refractivity (Wildman–Crippen MR) is 130 cm³/mol. The zero-order chi connectivity index (χ0) is 23.8. The lowest BCUT2D eigenvalue weighted by atomic mass is 10.0. The highest BCUT2D eigenvalue weighted by Gasteiger charge is 2.29. The zero-order valence-electron chi connectivity index (χ0n) is 19.8. The Morgan fingerprint density at radius 1 is 1.18 bits per heavy atom. The number of hydrogen-bond acceptors (Lipinski definition) is 6. The molecule has 2 aromatic heterocycles. The molecule has 0 spiro atoms. The van der Waals surface area contributed by atoms with Crippen molar-refractivity contribution in [1.82, 2.24) is 24.8 Å². The molecule has 2 aliphatic rings. The fourth-order valence-corrected chi connectivity index (χ4v) is 4.72. The molecule has 34 heavy (non-hydrogen) atoms. The topological polar surface area (TPSA) is 92.6 Å². The summed E-state index contributed by atoms with van der Waals surface area (Å²) in [4.78, 5) is 36.8. The molecule has 1 aromatic carbocycles. The standard InChI is InChI=1S/C25H30N6O3/c1-16(19-12-23(33)26-14-19)34-25-24-22(27-15-29(24)3)13-21(28-25)18-4-6-20(7-5-18)31-10-8-30(9-11-31)17(2)32/h4-7,13,15-16,19H,8-12,14H2,1-3H3,(H,26,33)/t16?,19-/m1/s1. The van der Waals surface area contributed by atoms with Gasteiger partial charge >= 0.3 is 0 Å². The monoisotopic (exact) mass is 462 g/mol. The second kappa shape index (κ2) is 8.96. The Balaban J connectivity index is 1.38. The highest BCUT2D eigenvalue weighted by atomic mass is 16.5. The maximum Gasteiger partial charge on any atom is 0.241 e. The Hall–Kier alpha value is -3.62. The summed E-state index contributed by atoms with van der Waals surface area (Å²) >= 11 is 0. The van der Waals surface area contributed by atoms with E-state index in [-0.39, 0.29) is 23.8 Å². The number of amides is 2. The number of aromatic nitrogens is 3. The van der Waals surface area contributed by atoms with Gasteiger partial charge in [0.05, 0.1) is 17.5 Å². The first-order valence-corrected chi connectivity index (χ1v) is 11.8. The van der Waals surface area contributed by atoms with E-state index in [1.165, 1.54) is 0 Å². The Kier molecular flexibility index (Phi) is 5.85. The van der Waals surface area contributed by atoms with Gasteiger partial charge in [0.15, 0.2) is 0 Å². The Morgan fingerprint density at radius 2 is 1.91 bits per heavy atom. The van der Waals surface area contributed by atoms with Crippen LogP contribution in [0.2, 0.25) is 0 Å². The van der Waals surface area contributed by atoms with Gasteiger partial charge in [0.2, 0.25) is 17.7 Å². The van der Waals surface area contributed by atoms with Crippen molar-refractivity contribution in [2.45, 2.75) is 26.4 Å². The maximum absolute atomic E-state index is 11.6. The molecule has 0 bridgehead atoms. The van der Waals surface area contributed by atoms with Crippen LogP contribution in [0.25, 0.3) is 22.3 Å². The summed E-state index contributed by atoms with van der Waals surface area (Å²) < 4.78 is 8.22. The number of aryl methyl sites for hydroxylation is 1. The smallest absolute Gasteiger partial charge is 0.241 e. The number of carbonyl (C=O) groups excluding carboxylic acids is 2. The van der Waals surface area contributed by atoms with Gasteiger partial charge in [-0.25, -0.2) is 9.97 Å². The van der Waals surface area contributed by atoms with Crippen molar-refractivity contribution in [1.29, 1.82) is 0 Å². The van der Waals surface area contributed by atoms with E-state index < -0.39 is 0 Å². The normalized spacial score (nSPS) is 19.4. The number of anilines is 1. The Bertz CT molecular complexity index is 1210. The van der Waals surface area contributed by atoms with Gasteiger partial charge in [-0.15, -0.1) is 0 Å². The van der Waals surface area contributed by atoms with E-state index in [0.29, 0.717) is 18.8 Å². The lowest BCUT2D eigenvalue weighted by molar-refractivity contribution is -0.129. The van der Waals surface area contributed by atoms with Crippen LogP contribution in [0, 0.1) is 5.92 Å². The summed E-state index contributed by atoms with van der Waals surface area (Å²) in [5.41, 5.74) is 4.57. The summed E-state index contributed by atoms with van der Waals surface area (Å²) in [7, 11) is 1.93. The van der Waals surface area contributed by atoms with Crippen LogP contribution in [0.15, 0.2) is 36.7 Å². The number of fused-ring (bicyclic) bond motifs is 1. The third-order valence-electron chi connectivity index (χ3n) is 6.89. The second-order valence-electron chi connectivity index (χ2n) is 9.17. The van der Waals surface area contributed by atoms with E-state index >= 15 is 0 Å². The fraction of sp³-hybridized carbons (Fsp3) is 0.440. The van der Waals surface area contributed by atoms with Crippen molar-refractivity contribution in [2.24, 2.45) is 13.0 Å². The molecule has 2 saturated heterocycles. The second-order valence-corrected chi connectivity index (χ2v) is 9.17. The van der Waals surface area contributed by atoms with E-state index in [2.05, 4.69) is 39.5 Å². The lowest BCUT2D eigenvalue weighted by Crippen LogP contribution is -2.48. The highest BCUT2D eigenvalue weighted by molar-refractivity contribution is 5.85. The minimum absolute atomic E-state index is 0.0654. The molecule has 178 valence electrons.